The highest BCUT2D eigenvalue weighted by molar-refractivity contribution is 9.10. The van der Waals surface area contributed by atoms with Crippen LogP contribution in [0.4, 0.5) is 5.69 Å². The molecule has 4 heteroatoms. The first-order valence-electron chi connectivity index (χ1n) is 5.33. The Balaban J connectivity index is 2.19. The monoisotopic (exact) mass is 329 g/mol. The maximum absolute atomic E-state index is 6.20. The quantitative estimate of drug-likeness (QED) is 0.767. The molecule has 2 aromatic rings. The molecule has 90 valence electrons. The number of thiophene rings is 1. The molecular formula is C13H13BrClNS. The summed E-state index contributed by atoms with van der Waals surface area (Å²) in [5, 5.41) is 6.27. The van der Waals surface area contributed by atoms with Crippen molar-refractivity contribution in [3.63, 3.8) is 0 Å². The van der Waals surface area contributed by atoms with Gasteiger partial charge in [0.25, 0.3) is 0 Å². The number of hydrogen-bond acceptors (Lipinski definition) is 2. The molecule has 0 spiro atoms. The van der Waals surface area contributed by atoms with Crippen LogP contribution >= 0.6 is 38.9 Å². The molecule has 1 nitrogen and oxygen atoms in total. The molecule has 1 N–H and O–H groups in total. The third kappa shape index (κ3) is 3.03. The fraction of sp³-hybridized carbons (Fsp3) is 0.231. The van der Waals surface area contributed by atoms with Crippen molar-refractivity contribution in [2.45, 2.75) is 19.9 Å². The first-order chi connectivity index (χ1) is 8.08. The van der Waals surface area contributed by atoms with E-state index in [2.05, 4.69) is 45.7 Å². The summed E-state index contributed by atoms with van der Waals surface area (Å²) in [5.41, 5.74) is 2.15. The lowest BCUT2D eigenvalue weighted by Crippen LogP contribution is -2.05. The van der Waals surface area contributed by atoms with Crippen LogP contribution in [0.2, 0.25) is 5.02 Å². The van der Waals surface area contributed by atoms with Crippen molar-refractivity contribution in [1.29, 1.82) is 0 Å². The normalized spacial score (nSPS) is 12.5. The Bertz CT molecular complexity index is 524. The van der Waals surface area contributed by atoms with E-state index in [4.69, 9.17) is 11.6 Å². The van der Waals surface area contributed by atoms with E-state index in [-0.39, 0.29) is 6.04 Å². The molecule has 1 aromatic heterocycles. The van der Waals surface area contributed by atoms with E-state index in [0.29, 0.717) is 0 Å². The zero-order valence-electron chi connectivity index (χ0n) is 9.63. The van der Waals surface area contributed by atoms with Crippen molar-refractivity contribution in [3.05, 3.63) is 49.6 Å². The van der Waals surface area contributed by atoms with Gasteiger partial charge in [0.2, 0.25) is 0 Å². The predicted molar refractivity (Wildman–Crippen MR) is 80.2 cm³/mol. The predicted octanol–water partition coefficient (Wildman–Crippen LogP) is 5.65. The maximum atomic E-state index is 6.20. The van der Waals surface area contributed by atoms with Crippen molar-refractivity contribution in [2.75, 3.05) is 5.32 Å². The van der Waals surface area contributed by atoms with Crippen LogP contribution in [0.3, 0.4) is 0 Å². The highest BCUT2D eigenvalue weighted by atomic mass is 79.9. The van der Waals surface area contributed by atoms with Crippen LogP contribution in [-0.2, 0) is 0 Å². The molecule has 2 rings (SSSR count). The lowest BCUT2D eigenvalue weighted by Gasteiger charge is -2.16. The van der Waals surface area contributed by atoms with Gasteiger partial charge in [-0.05, 0) is 58.9 Å². The number of aryl methyl sites for hydroxylation is 1. The van der Waals surface area contributed by atoms with Crippen molar-refractivity contribution in [3.8, 4) is 0 Å². The molecular weight excluding hydrogens is 318 g/mol. The molecule has 0 aliphatic carbocycles. The van der Waals surface area contributed by atoms with Gasteiger partial charge in [0.05, 0.1) is 16.8 Å². The Kier molecular flexibility index (Phi) is 4.13. The number of halogens is 2. The zero-order chi connectivity index (χ0) is 12.4. The Morgan fingerprint density at radius 2 is 2.12 bits per heavy atom. The third-order valence-corrected chi connectivity index (χ3v) is 4.90. The average Bonchev–Trinajstić information content (AvgIpc) is 2.68. The van der Waals surface area contributed by atoms with Gasteiger partial charge in [0.1, 0.15) is 0 Å². The molecule has 0 radical (unpaired) electrons. The smallest absolute Gasteiger partial charge is 0.0640 e. The number of rotatable bonds is 3. The molecule has 17 heavy (non-hydrogen) atoms. The Morgan fingerprint density at radius 1 is 1.35 bits per heavy atom. The highest BCUT2D eigenvalue weighted by Crippen LogP contribution is 2.33. The number of nitrogens with one attached hydrogen (secondary N) is 1. The summed E-state index contributed by atoms with van der Waals surface area (Å²) in [6.07, 6.45) is 0. The SMILES string of the molecule is Cc1ccc(NC(C)c2sccc2Br)c(Cl)c1. The number of benzene rings is 1. The van der Waals surface area contributed by atoms with Gasteiger partial charge >= 0.3 is 0 Å². The Morgan fingerprint density at radius 3 is 2.71 bits per heavy atom. The second-order valence-corrected chi connectivity index (χ2v) is 6.19. The topological polar surface area (TPSA) is 12.0 Å². The Labute approximate surface area is 119 Å². The zero-order valence-corrected chi connectivity index (χ0v) is 12.8. The van der Waals surface area contributed by atoms with Crippen molar-refractivity contribution in [1.82, 2.24) is 0 Å². The summed E-state index contributed by atoms with van der Waals surface area (Å²) in [4.78, 5) is 1.28. The van der Waals surface area contributed by atoms with E-state index in [0.717, 1.165) is 15.2 Å². The van der Waals surface area contributed by atoms with Crippen molar-refractivity contribution < 1.29 is 0 Å². The maximum Gasteiger partial charge on any atom is 0.0640 e. The van der Waals surface area contributed by atoms with E-state index in [9.17, 15) is 0 Å². The number of hydrogen-bond donors (Lipinski definition) is 1. The van der Waals surface area contributed by atoms with Gasteiger partial charge in [-0.3, -0.25) is 0 Å². The summed E-state index contributed by atoms with van der Waals surface area (Å²) < 4.78 is 1.14. The van der Waals surface area contributed by atoms with Crippen LogP contribution in [-0.4, -0.2) is 0 Å². The first kappa shape index (κ1) is 12.9. The van der Waals surface area contributed by atoms with Crippen LogP contribution in [0, 0.1) is 6.92 Å². The highest BCUT2D eigenvalue weighted by Gasteiger charge is 2.11. The third-order valence-electron chi connectivity index (χ3n) is 2.53. The summed E-state index contributed by atoms with van der Waals surface area (Å²) in [5.74, 6) is 0. The van der Waals surface area contributed by atoms with E-state index in [1.165, 1.54) is 10.4 Å². The van der Waals surface area contributed by atoms with Crippen LogP contribution in [0.1, 0.15) is 23.4 Å². The largest absolute Gasteiger partial charge is 0.376 e. The summed E-state index contributed by atoms with van der Waals surface area (Å²) in [7, 11) is 0. The average molecular weight is 331 g/mol. The molecule has 0 aliphatic rings. The van der Waals surface area contributed by atoms with E-state index in [1.54, 1.807) is 11.3 Å². The van der Waals surface area contributed by atoms with E-state index in [1.807, 2.05) is 19.1 Å². The van der Waals surface area contributed by atoms with Gasteiger partial charge in [0.15, 0.2) is 0 Å². The molecule has 1 atom stereocenters. The fourth-order valence-electron chi connectivity index (χ4n) is 1.65. The minimum absolute atomic E-state index is 0.240. The molecule has 0 aliphatic heterocycles. The summed E-state index contributed by atoms with van der Waals surface area (Å²) in [6, 6.07) is 8.36. The van der Waals surface area contributed by atoms with Crippen molar-refractivity contribution in [2.24, 2.45) is 0 Å². The van der Waals surface area contributed by atoms with Crippen LogP contribution in [0.5, 0.6) is 0 Å². The van der Waals surface area contributed by atoms with E-state index < -0.39 is 0 Å². The van der Waals surface area contributed by atoms with E-state index >= 15 is 0 Å². The lowest BCUT2D eigenvalue weighted by atomic mass is 10.2. The van der Waals surface area contributed by atoms with Crippen LogP contribution in [0.15, 0.2) is 34.1 Å². The van der Waals surface area contributed by atoms with Gasteiger partial charge in [-0.25, -0.2) is 0 Å². The van der Waals surface area contributed by atoms with Gasteiger partial charge < -0.3 is 5.32 Å². The van der Waals surface area contributed by atoms with Gasteiger partial charge in [0, 0.05) is 9.35 Å². The molecule has 0 saturated carbocycles. The second-order valence-electron chi connectivity index (χ2n) is 3.98. The molecule has 0 amide bonds. The fourth-order valence-corrected chi connectivity index (χ4v) is 3.67. The minimum Gasteiger partial charge on any atom is -0.376 e. The molecule has 0 bridgehead atoms. The first-order valence-corrected chi connectivity index (χ1v) is 7.38. The standard InChI is InChI=1S/C13H13BrClNS/c1-8-3-4-12(11(15)7-8)16-9(2)13-10(14)5-6-17-13/h3-7,9,16H,1-2H3. The molecule has 1 aromatic carbocycles. The molecule has 1 unspecified atom stereocenters. The number of anilines is 1. The Hall–Kier alpha value is -0.510. The molecule has 0 saturated heterocycles. The summed E-state index contributed by atoms with van der Waals surface area (Å²) >= 11 is 11.5. The summed E-state index contributed by atoms with van der Waals surface area (Å²) in [6.45, 7) is 4.17. The van der Waals surface area contributed by atoms with Gasteiger partial charge in [-0.15, -0.1) is 11.3 Å². The molecule has 0 fully saturated rings. The van der Waals surface area contributed by atoms with Crippen molar-refractivity contribution >= 4 is 44.6 Å². The van der Waals surface area contributed by atoms with Gasteiger partial charge in [-0.2, -0.15) is 0 Å². The second kappa shape index (κ2) is 5.42. The minimum atomic E-state index is 0.240. The van der Waals surface area contributed by atoms with Gasteiger partial charge in [-0.1, -0.05) is 17.7 Å². The van der Waals surface area contributed by atoms with Crippen LogP contribution < -0.4 is 5.32 Å². The molecule has 1 heterocycles. The lowest BCUT2D eigenvalue weighted by molar-refractivity contribution is 0.903. The van der Waals surface area contributed by atoms with Crippen LogP contribution in [0.25, 0.3) is 0 Å².